The van der Waals surface area contributed by atoms with Gasteiger partial charge in [-0.3, -0.25) is 4.21 Å². The molecule has 110 valence electrons. The van der Waals surface area contributed by atoms with Crippen LogP contribution in [0.3, 0.4) is 0 Å². The van der Waals surface area contributed by atoms with Crippen LogP contribution in [0.5, 0.6) is 0 Å². The van der Waals surface area contributed by atoms with E-state index >= 15 is 0 Å². The maximum absolute atomic E-state index is 11.7. The van der Waals surface area contributed by atoms with Gasteiger partial charge >= 0.3 is 0 Å². The third-order valence-electron chi connectivity index (χ3n) is 2.73. The fourth-order valence-electron chi connectivity index (χ4n) is 1.68. The van der Waals surface area contributed by atoms with E-state index in [1.807, 2.05) is 13.8 Å². The highest BCUT2D eigenvalue weighted by Crippen LogP contribution is 2.02. The zero-order valence-electron chi connectivity index (χ0n) is 12.1. The molecule has 0 saturated carbocycles. The van der Waals surface area contributed by atoms with Crippen LogP contribution >= 0.6 is 0 Å². The molecule has 0 aromatic carbocycles. The van der Waals surface area contributed by atoms with E-state index in [1.54, 1.807) is 0 Å². The summed E-state index contributed by atoms with van der Waals surface area (Å²) in [7, 11) is -0.616. The van der Waals surface area contributed by atoms with E-state index in [4.69, 9.17) is 9.47 Å². The van der Waals surface area contributed by atoms with Gasteiger partial charge in [-0.15, -0.1) is 0 Å². The minimum atomic E-state index is -0.616. The molecule has 3 nitrogen and oxygen atoms in total. The van der Waals surface area contributed by atoms with Gasteiger partial charge in [-0.1, -0.05) is 12.8 Å². The monoisotopic (exact) mass is 278 g/mol. The van der Waals surface area contributed by atoms with Crippen LogP contribution in [0.1, 0.15) is 52.4 Å². The fraction of sp³-hybridized carbons (Fsp3) is 1.00. The van der Waals surface area contributed by atoms with Crippen molar-refractivity contribution in [2.45, 2.75) is 52.4 Å². The summed E-state index contributed by atoms with van der Waals surface area (Å²) in [6.07, 6.45) is 6.60. The van der Waals surface area contributed by atoms with E-state index < -0.39 is 10.8 Å². The van der Waals surface area contributed by atoms with E-state index in [9.17, 15) is 4.21 Å². The lowest BCUT2D eigenvalue weighted by Gasteiger charge is -2.04. The number of hydrogen-bond donors (Lipinski definition) is 0. The molecule has 0 radical (unpaired) electrons. The molecule has 4 heteroatoms. The summed E-state index contributed by atoms with van der Waals surface area (Å²) in [6, 6.07) is 0. The van der Waals surface area contributed by atoms with Crippen molar-refractivity contribution in [3.63, 3.8) is 0 Å². The van der Waals surface area contributed by atoms with Crippen LogP contribution in [0.25, 0.3) is 0 Å². The molecule has 0 spiro atoms. The second kappa shape index (κ2) is 15.1. The Kier molecular flexibility index (Phi) is 15.2. The Morgan fingerprint density at radius 3 is 1.56 bits per heavy atom. The lowest BCUT2D eigenvalue weighted by molar-refractivity contribution is 0.143. The second-order valence-electron chi connectivity index (χ2n) is 4.36. The molecule has 0 saturated heterocycles. The molecule has 0 aliphatic carbocycles. The van der Waals surface area contributed by atoms with Crippen molar-refractivity contribution in [2.24, 2.45) is 0 Å². The van der Waals surface area contributed by atoms with Crippen LogP contribution in [0.2, 0.25) is 0 Å². The van der Waals surface area contributed by atoms with E-state index in [2.05, 4.69) is 0 Å². The molecule has 0 N–H and O–H groups in total. The molecule has 0 rings (SSSR count). The largest absolute Gasteiger partial charge is 0.382 e. The predicted molar refractivity (Wildman–Crippen MR) is 78.6 cm³/mol. The number of rotatable bonds is 14. The average molecular weight is 278 g/mol. The molecule has 0 fully saturated rings. The van der Waals surface area contributed by atoms with Crippen molar-refractivity contribution < 1.29 is 13.7 Å². The Labute approximate surface area is 115 Å². The van der Waals surface area contributed by atoms with Gasteiger partial charge in [-0.2, -0.15) is 0 Å². The van der Waals surface area contributed by atoms with E-state index in [-0.39, 0.29) is 0 Å². The minimum absolute atomic E-state index is 0.616. The standard InChI is InChI=1S/C14H30O3S/c1-3-16-11-7-5-9-13-18(15)14-10-6-8-12-17-4-2/h3-14H2,1-2H3. The molecule has 0 atom stereocenters. The van der Waals surface area contributed by atoms with Gasteiger partial charge in [0.1, 0.15) is 0 Å². The quantitative estimate of drug-likeness (QED) is 0.458. The molecule has 0 amide bonds. The third-order valence-corrected chi connectivity index (χ3v) is 4.22. The van der Waals surface area contributed by atoms with Gasteiger partial charge in [0.2, 0.25) is 0 Å². The van der Waals surface area contributed by atoms with Crippen molar-refractivity contribution in [1.29, 1.82) is 0 Å². The Balaban J connectivity index is 3.12. The highest BCUT2D eigenvalue weighted by molar-refractivity contribution is 7.84. The molecule has 0 bridgehead atoms. The number of hydrogen-bond acceptors (Lipinski definition) is 3. The zero-order chi connectivity index (χ0) is 13.5. The first-order valence-electron chi connectivity index (χ1n) is 7.31. The molecule has 0 heterocycles. The summed E-state index contributed by atoms with van der Waals surface area (Å²) in [4.78, 5) is 0. The zero-order valence-corrected chi connectivity index (χ0v) is 12.9. The lowest BCUT2D eigenvalue weighted by Crippen LogP contribution is -2.04. The molecule has 0 aliphatic rings. The fourth-order valence-corrected chi connectivity index (χ4v) is 2.93. The van der Waals surface area contributed by atoms with E-state index in [1.165, 1.54) is 0 Å². The predicted octanol–water partition coefficient (Wildman–Crippen LogP) is 3.15. The Bertz CT molecular complexity index is 168. The van der Waals surface area contributed by atoms with E-state index in [0.29, 0.717) is 0 Å². The summed E-state index contributed by atoms with van der Waals surface area (Å²) >= 11 is 0. The minimum Gasteiger partial charge on any atom is -0.382 e. The van der Waals surface area contributed by atoms with Crippen LogP contribution in [-0.2, 0) is 20.3 Å². The first-order chi connectivity index (χ1) is 8.81. The molecule has 0 aromatic rings. The number of ether oxygens (including phenoxy) is 2. The Hall–Kier alpha value is 0.0700. The molecule has 0 aliphatic heterocycles. The van der Waals surface area contributed by atoms with Crippen LogP contribution in [0, 0.1) is 0 Å². The molecular weight excluding hydrogens is 248 g/mol. The van der Waals surface area contributed by atoms with Crippen molar-refractivity contribution in [1.82, 2.24) is 0 Å². The summed E-state index contributed by atoms with van der Waals surface area (Å²) in [5.41, 5.74) is 0. The highest BCUT2D eigenvalue weighted by atomic mass is 32.2. The van der Waals surface area contributed by atoms with Gasteiger partial charge in [-0.05, 0) is 39.5 Å². The van der Waals surface area contributed by atoms with Gasteiger partial charge < -0.3 is 9.47 Å². The smallest absolute Gasteiger partial charge is 0.0465 e. The van der Waals surface area contributed by atoms with Gasteiger partial charge in [0, 0.05) is 48.7 Å². The first kappa shape index (κ1) is 18.1. The molecular formula is C14H30O3S. The summed E-state index contributed by atoms with van der Waals surface area (Å²) < 4.78 is 22.2. The summed E-state index contributed by atoms with van der Waals surface area (Å²) in [5, 5.41) is 0. The summed E-state index contributed by atoms with van der Waals surface area (Å²) in [6.45, 7) is 7.32. The SMILES string of the molecule is CCOCCCCCS(=O)CCCCCOCC. The van der Waals surface area contributed by atoms with Crippen molar-refractivity contribution in [3.05, 3.63) is 0 Å². The first-order valence-corrected chi connectivity index (χ1v) is 8.80. The maximum atomic E-state index is 11.7. The number of unbranched alkanes of at least 4 members (excludes halogenated alkanes) is 4. The van der Waals surface area contributed by atoms with Crippen LogP contribution in [-0.4, -0.2) is 42.1 Å². The average Bonchev–Trinajstić information content (AvgIpc) is 2.38. The highest BCUT2D eigenvalue weighted by Gasteiger charge is 2.00. The maximum Gasteiger partial charge on any atom is 0.0465 e. The van der Waals surface area contributed by atoms with Crippen LogP contribution in [0.4, 0.5) is 0 Å². The summed E-state index contributed by atoms with van der Waals surface area (Å²) in [5.74, 6) is 1.72. The van der Waals surface area contributed by atoms with Crippen molar-refractivity contribution in [3.8, 4) is 0 Å². The lowest BCUT2D eigenvalue weighted by atomic mass is 10.3. The Morgan fingerprint density at radius 1 is 0.722 bits per heavy atom. The van der Waals surface area contributed by atoms with Crippen LogP contribution < -0.4 is 0 Å². The van der Waals surface area contributed by atoms with Gasteiger partial charge in [0.25, 0.3) is 0 Å². The normalized spacial score (nSPS) is 11.3. The topological polar surface area (TPSA) is 35.5 Å². The van der Waals surface area contributed by atoms with Gasteiger partial charge in [0.05, 0.1) is 0 Å². The third kappa shape index (κ3) is 14.1. The molecule has 0 unspecified atom stereocenters. The second-order valence-corrected chi connectivity index (χ2v) is 6.06. The van der Waals surface area contributed by atoms with E-state index in [0.717, 1.165) is 76.5 Å². The Morgan fingerprint density at radius 2 is 1.17 bits per heavy atom. The van der Waals surface area contributed by atoms with Gasteiger partial charge in [0.15, 0.2) is 0 Å². The molecule has 0 aromatic heterocycles. The molecule has 18 heavy (non-hydrogen) atoms. The van der Waals surface area contributed by atoms with Crippen LogP contribution in [0.15, 0.2) is 0 Å². The van der Waals surface area contributed by atoms with Crippen molar-refractivity contribution >= 4 is 10.8 Å². The van der Waals surface area contributed by atoms with Gasteiger partial charge in [-0.25, -0.2) is 0 Å². The van der Waals surface area contributed by atoms with Crippen molar-refractivity contribution in [2.75, 3.05) is 37.9 Å².